The number of hydrogen-bond acceptors (Lipinski definition) is 4. The standard InChI is InChI=1S/C13H15NO3/c1-9(15)17-11-6-7-12-10(8-11)4-3-5-13(12)14-16-2/h6-8H,3-5H2,1-2H3. The van der Waals surface area contributed by atoms with Gasteiger partial charge in [-0.1, -0.05) is 5.16 Å². The molecule has 0 saturated carbocycles. The Labute approximate surface area is 100 Å². The first-order valence-corrected chi connectivity index (χ1v) is 5.62. The molecule has 1 aromatic carbocycles. The highest BCUT2D eigenvalue weighted by atomic mass is 16.6. The van der Waals surface area contributed by atoms with Crippen LogP contribution in [0.15, 0.2) is 23.4 Å². The molecule has 0 unspecified atom stereocenters. The van der Waals surface area contributed by atoms with Crippen molar-refractivity contribution in [3.63, 3.8) is 0 Å². The van der Waals surface area contributed by atoms with Crippen molar-refractivity contribution < 1.29 is 14.4 Å². The third-order valence-electron chi connectivity index (χ3n) is 2.71. The Morgan fingerprint density at radius 1 is 1.35 bits per heavy atom. The van der Waals surface area contributed by atoms with E-state index in [0.717, 1.165) is 36.1 Å². The van der Waals surface area contributed by atoms with Gasteiger partial charge in [0.1, 0.15) is 12.9 Å². The second-order valence-corrected chi connectivity index (χ2v) is 3.99. The van der Waals surface area contributed by atoms with Gasteiger partial charge in [-0.2, -0.15) is 0 Å². The van der Waals surface area contributed by atoms with E-state index in [1.807, 2.05) is 12.1 Å². The number of esters is 1. The second-order valence-electron chi connectivity index (χ2n) is 3.99. The van der Waals surface area contributed by atoms with Gasteiger partial charge in [-0.15, -0.1) is 0 Å². The van der Waals surface area contributed by atoms with Crippen LogP contribution in [0.3, 0.4) is 0 Å². The Balaban J connectivity index is 2.33. The van der Waals surface area contributed by atoms with Crippen molar-refractivity contribution in [3.8, 4) is 5.75 Å². The second kappa shape index (κ2) is 4.99. The zero-order chi connectivity index (χ0) is 12.3. The van der Waals surface area contributed by atoms with E-state index in [9.17, 15) is 4.79 Å². The maximum atomic E-state index is 10.9. The Bertz CT molecular complexity index is 466. The van der Waals surface area contributed by atoms with Crippen LogP contribution in [-0.4, -0.2) is 18.8 Å². The van der Waals surface area contributed by atoms with E-state index >= 15 is 0 Å². The van der Waals surface area contributed by atoms with Crippen LogP contribution in [-0.2, 0) is 16.1 Å². The summed E-state index contributed by atoms with van der Waals surface area (Å²) >= 11 is 0. The molecule has 1 aliphatic rings. The largest absolute Gasteiger partial charge is 0.427 e. The molecule has 2 rings (SSSR count). The monoisotopic (exact) mass is 233 g/mol. The number of rotatable bonds is 2. The smallest absolute Gasteiger partial charge is 0.308 e. The minimum absolute atomic E-state index is 0.299. The Hall–Kier alpha value is -1.84. The molecule has 0 atom stereocenters. The summed E-state index contributed by atoms with van der Waals surface area (Å²) in [7, 11) is 1.55. The summed E-state index contributed by atoms with van der Waals surface area (Å²) in [5.41, 5.74) is 3.21. The fourth-order valence-electron chi connectivity index (χ4n) is 2.07. The number of carbonyl (C=O) groups excluding carboxylic acids is 1. The van der Waals surface area contributed by atoms with Crippen LogP contribution < -0.4 is 4.74 Å². The minimum Gasteiger partial charge on any atom is -0.427 e. The minimum atomic E-state index is -0.299. The maximum absolute atomic E-state index is 10.9. The zero-order valence-electron chi connectivity index (χ0n) is 10.0. The highest BCUT2D eigenvalue weighted by Gasteiger charge is 2.17. The van der Waals surface area contributed by atoms with Gasteiger partial charge in [0, 0.05) is 12.5 Å². The Morgan fingerprint density at radius 3 is 2.88 bits per heavy atom. The summed E-state index contributed by atoms with van der Waals surface area (Å²) in [4.78, 5) is 15.7. The molecule has 0 heterocycles. The molecule has 0 spiro atoms. The first kappa shape index (κ1) is 11.6. The van der Waals surface area contributed by atoms with Crippen LogP contribution >= 0.6 is 0 Å². The zero-order valence-corrected chi connectivity index (χ0v) is 10.0. The molecular formula is C13H15NO3. The van der Waals surface area contributed by atoms with Crippen LogP contribution in [0.4, 0.5) is 0 Å². The summed E-state index contributed by atoms with van der Waals surface area (Å²) in [5.74, 6) is 0.293. The number of benzene rings is 1. The summed E-state index contributed by atoms with van der Waals surface area (Å²) in [6, 6.07) is 5.63. The lowest BCUT2D eigenvalue weighted by Gasteiger charge is -2.17. The molecular weight excluding hydrogens is 218 g/mol. The SMILES string of the molecule is CON=C1CCCc2cc(OC(C)=O)ccc21. The lowest BCUT2D eigenvalue weighted by atomic mass is 9.90. The molecule has 90 valence electrons. The normalized spacial score (nSPS) is 16.5. The molecule has 1 aliphatic carbocycles. The van der Waals surface area contributed by atoms with Gasteiger partial charge in [-0.3, -0.25) is 4.79 Å². The molecule has 0 aromatic heterocycles. The number of hydrogen-bond donors (Lipinski definition) is 0. The number of fused-ring (bicyclic) bond motifs is 1. The maximum Gasteiger partial charge on any atom is 0.308 e. The van der Waals surface area contributed by atoms with Crippen molar-refractivity contribution >= 4 is 11.7 Å². The van der Waals surface area contributed by atoms with Crippen molar-refractivity contribution in [2.24, 2.45) is 5.16 Å². The summed E-state index contributed by atoms with van der Waals surface area (Å²) < 4.78 is 5.07. The summed E-state index contributed by atoms with van der Waals surface area (Å²) in [5, 5.41) is 4.02. The highest BCUT2D eigenvalue weighted by molar-refractivity contribution is 6.02. The van der Waals surface area contributed by atoms with Gasteiger partial charge >= 0.3 is 5.97 Å². The van der Waals surface area contributed by atoms with E-state index < -0.39 is 0 Å². The van der Waals surface area contributed by atoms with Gasteiger partial charge in [0.05, 0.1) is 5.71 Å². The first-order valence-electron chi connectivity index (χ1n) is 5.62. The molecule has 0 saturated heterocycles. The van der Waals surface area contributed by atoms with Gasteiger partial charge < -0.3 is 9.57 Å². The first-order chi connectivity index (χ1) is 8.20. The molecule has 0 N–H and O–H groups in total. The number of oxime groups is 1. The highest BCUT2D eigenvalue weighted by Crippen LogP contribution is 2.26. The van der Waals surface area contributed by atoms with Crippen molar-refractivity contribution in [1.82, 2.24) is 0 Å². The molecule has 4 nitrogen and oxygen atoms in total. The van der Waals surface area contributed by atoms with Gasteiger partial charge in [-0.05, 0) is 43.0 Å². The Morgan fingerprint density at radius 2 is 2.18 bits per heavy atom. The quantitative estimate of drug-likeness (QED) is 0.447. The number of carbonyl (C=O) groups is 1. The topological polar surface area (TPSA) is 47.9 Å². The molecule has 4 heteroatoms. The average molecular weight is 233 g/mol. The van der Waals surface area contributed by atoms with Crippen LogP contribution in [0.25, 0.3) is 0 Å². The fourth-order valence-corrected chi connectivity index (χ4v) is 2.07. The van der Waals surface area contributed by atoms with E-state index in [1.54, 1.807) is 13.2 Å². The van der Waals surface area contributed by atoms with Gasteiger partial charge in [0.2, 0.25) is 0 Å². The van der Waals surface area contributed by atoms with Crippen molar-refractivity contribution in [3.05, 3.63) is 29.3 Å². The van der Waals surface area contributed by atoms with Crippen molar-refractivity contribution in [2.45, 2.75) is 26.2 Å². The molecule has 0 radical (unpaired) electrons. The molecule has 17 heavy (non-hydrogen) atoms. The Kier molecular flexibility index (Phi) is 3.42. The summed E-state index contributed by atoms with van der Waals surface area (Å²) in [6.45, 7) is 1.40. The van der Waals surface area contributed by atoms with Crippen LogP contribution in [0.5, 0.6) is 5.75 Å². The number of nitrogens with zero attached hydrogens (tertiary/aromatic N) is 1. The number of aryl methyl sites for hydroxylation is 1. The molecule has 0 fully saturated rings. The third kappa shape index (κ3) is 2.64. The van der Waals surface area contributed by atoms with E-state index in [4.69, 9.17) is 9.57 Å². The van der Waals surface area contributed by atoms with E-state index in [1.165, 1.54) is 6.92 Å². The van der Waals surface area contributed by atoms with E-state index in [0.29, 0.717) is 5.75 Å². The average Bonchev–Trinajstić information content (AvgIpc) is 2.28. The number of ether oxygens (including phenoxy) is 1. The summed E-state index contributed by atoms with van der Waals surface area (Å²) in [6.07, 6.45) is 2.94. The predicted octanol–water partition coefficient (Wildman–Crippen LogP) is 2.30. The lowest BCUT2D eigenvalue weighted by Crippen LogP contribution is -2.13. The van der Waals surface area contributed by atoms with Crippen molar-refractivity contribution in [1.29, 1.82) is 0 Å². The van der Waals surface area contributed by atoms with E-state index in [-0.39, 0.29) is 5.97 Å². The third-order valence-corrected chi connectivity index (χ3v) is 2.71. The molecule has 0 amide bonds. The van der Waals surface area contributed by atoms with Crippen LogP contribution in [0.2, 0.25) is 0 Å². The van der Waals surface area contributed by atoms with Crippen molar-refractivity contribution in [2.75, 3.05) is 7.11 Å². The van der Waals surface area contributed by atoms with Crippen LogP contribution in [0.1, 0.15) is 30.9 Å². The fraction of sp³-hybridized carbons (Fsp3) is 0.385. The van der Waals surface area contributed by atoms with Gasteiger partial charge in [0.15, 0.2) is 0 Å². The van der Waals surface area contributed by atoms with Gasteiger partial charge in [-0.25, -0.2) is 0 Å². The van der Waals surface area contributed by atoms with E-state index in [2.05, 4.69) is 5.16 Å². The predicted molar refractivity (Wildman–Crippen MR) is 64.2 cm³/mol. The van der Waals surface area contributed by atoms with Gasteiger partial charge in [0.25, 0.3) is 0 Å². The molecule has 1 aromatic rings. The molecule has 0 bridgehead atoms. The van der Waals surface area contributed by atoms with Crippen LogP contribution in [0, 0.1) is 0 Å². The lowest BCUT2D eigenvalue weighted by molar-refractivity contribution is -0.131. The molecule has 0 aliphatic heterocycles.